The van der Waals surface area contributed by atoms with Gasteiger partial charge < -0.3 is 39.4 Å². The first kappa shape index (κ1) is 26.6. The van der Waals surface area contributed by atoms with E-state index in [0.29, 0.717) is 24.0 Å². The Morgan fingerprint density at radius 1 is 1.09 bits per heavy atom. The molecule has 0 aromatic heterocycles. The van der Waals surface area contributed by atoms with Gasteiger partial charge in [0.25, 0.3) is 0 Å². The Morgan fingerprint density at radius 2 is 1.80 bits per heavy atom. The maximum atomic E-state index is 12.0. The Labute approximate surface area is 202 Å². The Bertz CT molecular complexity index is 992. The van der Waals surface area contributed by atoms with E-state index in [4.69, 9.17) is 18.9 Å². The van der Waals surface area contributed by atoms with Crippen molar-refractivity contribution in [1.29, 1.82) is 0 Å². The summed E-state index contributed by atoms with van der Waals surface area (Å²) < 4.78 is 21.8. The van der Waals surface area contributed by atoms with Crippen LogP contribution in [0.3, 0.4) is 0 Å². The van der Waals surface area contributed by atoms with Gasteiger partial charge in [0, 0.05) is 0 Å². The molecule has 1 aliphatic heterocycles. The largest absolute Gasteiger partial charge is 0.489 e. The summed E-state index contributed by atoms with van der Waals surface area (Å²) in [5.41, 5.74) is 1.25. The maximum Gasteiger partial charge on any atom is 0.338 e. The normalized spacial score (nSPS) is 24.9. The monoisotopic (exact) mass is 490 g/mol. The molecule has 190 valence electrons. The summed E-state index contributed by atoms with van der Waals surface area (Å²) >= 11 is 0. The number of carbonyl (C=O) groups excluding carboxylic acids is 2. The van der Waals surface area contributed by atoms with E-state index in [1.807, 2.05) is 0 Å². The molecule has 0 bridgehead atoms. The SMILES string of the molecule is CCC(O)COC(=O)c1ccc(COc2ccc(O[C@@H]3OC(C)[C@H](O)C(O)C3O)c(C=O)c2)cc1. The predicted octanol–water partition coefficient (Wildman–Crippen LogP) is 1.21. The van der Waals surface area contributed by atoms with Gasteiger partial charge in [-0.3, -0.25) is 4.79 Å². The summed E-state index contributed by atoms with van der Waals surface area (Å²) in [6, 6.07) is 11.1. The van der Waals surface area contributed by atoms with Crippen molar-refractivity contribution in [3.05, 3.63) is 59.2 Å². The summed E-state index contributed by atoms with van der Waals surface area (Å²) in [7, 11) is 0. The van der Waals surface area contributed by atoms with Gasteiger partial charge in [-0.05, 0) is 49.2 Å². The van der Waals surface area contributed by atoms with Crippen LogP contribution < -0.4 is 9.47 Å². The van der Waals surface area contributed by atoms with Crippen molar-refractivity contribution in [3.8, 4) is 11.5 Å². The highest BCUT2D eigenvalue weighted by molar-refractivity contribution is 5.89. The minimum absolute atomic E-state index is 0.0631. The third-order valence-corrected chi connectivity index (χ3v) is 5.63. The Kier molecular flexibility index (Phi) is 9.19. The summed E-state index contributed by atoms with van der Waals surface area (Å²) in [5, 5.41) is 39.3. The second-order valence-corrected chi connectivity index (χ2v) is 8.26. The van der Waals surface area contributed by atoms with Crippen LogP contribution in [-0.2, 0) is 16.1 Å². The standard InChI is InChI=1S/C25H30O10/c1-3-18(27)13-33-24(31)16-6-4-15(5-7-16)12-32-19-8-9-20(17(10-19)11-26)35-25-23(30)22(29)21(28)14(2)34-25/h4-11,14,18,21-23,25,27-30H,3,12-13H2,1-2H3/t14?,18?,21-,22?,23?,25-/m0/s1. The van der Waals surface area contributed by atoms with Crippen molar-refractivity contribution >= 4 is 12.3 Å². The van der Waals surface area contributed by atoms with Gasteiger partial charge >= 0.3 is 5.97 Å². The summed E-state index contributed by atoms with van der Waals surface area (Å²) in [6.07, 6.45) is -5.92. The van der Waals surface area contributed by atoms with Crippen LogP contribution in [0.5, 0.6) is 11.5 Å². The number of hydrogen-bond acceptors (Lipinski definition) is 10. The van der Waals surface area contributed by atoms with Gasteiger partial charge in [0.05, 0.1) is 23.3 Å². The molecular weight excluding hydrogens is 460 g/mol. The number of rotatable bonds is 10. The van der Waals surface area contributed by atoms with Crippen LogP contribution in [0.4, 0.5) is 0 Å². The molecule has 35 heavy (non-hydrogen) atoms. The van der Waals surface area contributed by atoms with Gasteiger partial charge in [-0.1, -0.05) is 19.1 Å². The lowest BCUT2D eigenvalue weighted by atomic mass is 10.00. The average Bonchev–Trinajstić information content (AvgIpc) is 2.88. The molecular formula is C25H30O10. The van der Waals surface area contributed by atoms with Crippen LogP contribution in [0.25, 0.3) is 0 Å². The summed E-state index contributed by atoms with van der Waals surface area (Å²) in [6.45, 7) is 3.42. The van der Waals surface area contributed by atoms with Crippen LogP contribution in [-0.4, -0.2) is 76.1 Å². The molecule has 1 aliphatic rings. The van der Waals surface area contributed by atoms with Gasteiger partial charge in [0.15, 0.2) is 6.29 Å². The zero-order chi connectivity index (χ0) is 25.5. The number of ether oxygens (including phenoxy) is 4. The molecule has 2 aromatic carbocycles. The average molecular weight is 491 g/mol. The van der Waals surface area contributed by atoms with Crippen LogP contribution in [0.2, 0.25) is 0 Å². The van der Waals surface area contributed by atoms with Gasteiger partial charge in [0.2, 0.25) is 6.29 Å². The lowest BCUT2D eigenvalue weighted by Gasteiger charge is -2.39. The number of esters is 1. The van der Waals surface area contributed by atoms with E-state index in [2.05, 4.69) is 0 Å². The second kappa shape index (κ2) is 12.1. The number of aliphatic hydroxyl groups excluding tert-OH is 4. The van der Waals surface area contributed by atoms with Crippen molar-refractivity contribution in [2.24, 2.45) is 0 Å². The predicted molar refractivity (Wildman–Crippen MR) is 122 cm³/mol. The second-order valence-electron chi connectivity index (χ2n) is 8.26. The molecule has 0 saturated carbocycles. The Morgan fingerprint density at radius 3 is 2.46 bits per heavy atom. The highest BCUT2D eigenvalue weighted by Gasteiger charge is 2.43. The zero-order valence-electron chi connectivity index (χ0n) is 19.4. The van der Waals surface area contributed by atoms with E-state index in [9.17, 15) is 30.0 Å². The fourth-order valence-electron chi connectivity index (χ4n) is 3.33. The minimum Gasteiger partial charge on any atom is -0.489 e. The first-order chi connectivity index (χ1) is 16.7. The minimum atomic E-state index is -1.51. The number of benzene rings is 2. The van der Waals surface area contributed by atoms with Crippen molar-refractivity contribution in [3.63, 3.8) is 0 Å². The van der Waals surface area contributed by atoms with Crippen molar-refractivity contribution in [1.82, 2.24) is 0 Å². The topological polar surface area (TPSA) is 152 Å². The lowest BCUT2D eigenvalue weighted by Crippen LogP contribution is -2.58. The van der Waals surface area contributed by atoms with E-state index in [0.717, 1.165) is 5.56 Å². The number of aldehydes is 1. The molecule has 6 atom stereocenters. The van der Waals surface area contributed by atoms with Crippen LogP contribution in [0.15, 0.2) is 42.5 Å². The molecule has 0 amide bonds. The van der Waals surface area contributed by atoms with Gasteiger partial charge in [-0.25, -0.2) is 4.79 Å². The van der Waals surface area contributed by atoms with Crippen LogP contribution >= 0.6 is 0 Å². The number of aliphatic hydroxyl groups is 4. The molecule has 0 aliphatic carbocycles. The van der Waals surface area contributed by atoms with E-state index in [1.165, 1.54) is 19.1 Å². The highest BCUT2D eigenvalue weighted by Crippen LogP contribution is 2.28. The number of hydrogen-bond donors (Lipinski definition) is 4. The Balaban J connectivity index is 1.59. The quantitative estimate of drug-likeness (QED) is 0.282. The molecule has 0 spiro atoms. The zero-order valence-corrected chi connectivity index (χ0v) is 19.4. The first-order valence-electron chi connectivity index (χ1n) is 11.3. The molecule has 3 rings (SSSR count). The van der Waals surface area contributed by atoms with E-state index < -0.39 is 42.8 Å². The first-order valence-corrected chi connectivity index (χ1v) is 11.3. The summed E-state index contributed by atoms with van der Waals surface area (Å²) in [4.78, 5) is 23.6. The van der Waals surface area contributed by atoms with E-state index in [1.54, 1.807) is 37.3 Å². The molecule has 1 heterocycles. The smallest absolute Gasteiger partial charge is 0.338 e. The third-order valence-electron chi connectivity index (χ3n) is 5.63. The number of carbonyl (C=O) groups is 2. The maximum absolute atomic E-state index is 12.0. The molecule has 1 fully saturated rings. The van der Waals surface area contributed by atoms with Crippen LogP contribution in [0, 0.1) is 0 Å². The molecule has 2 aromatic rings. The fraction of sp³-hybridized carbons (Fsp3) is 0.440. The van der Waals surface area contributed by atoms with Crippen molar-refractivity contribution < 1.29 is 49.0 Å². The van der Waals surface area contributed by atoms with Crippen LogP contribution in [0.1, 0.15) is 46.5 Å². The molecule has 4 unspecified atom stereocenters. The fourth-order valence-corrected chi connectivity index (χ4v) is 3.33. The summed E-state index contributed by atoms with van der Waals surface area (Å²) in [5.74, 6) is -0.0339. The van der Waals surface area contributed by atoms with Gasteiger partial charge in [0.1, 0.15) is 43.0 Å². The Hall–Kier alpha value is -3.02. The molecule has 10 heteroatoms. The molecule has 1 saturated heterocycles. The third kappa shape index (κ3) is 6.77. The van der Waals surface area contributed by atoms with E-state index >= 15 is 0 Å². The lowest BCUT2D eigenvalue weighted by molar-refractivity contribution is -0.268. The van der Waals surface area contributed by atoms with Gasteiger partial charge in [-0.2, -0.15) is 0 Å². The molecule has 4 N–H and O–H groups in total. The van der Waals surface area contributed by atoms with E-state index in [-0.39, 0.29) is 24.5 Å². The van der Waals surface area contributed by atoms with Gasteiger partial charge in [-0.15, -0.1) is 0 Å². The highest BCUT2D eigenvalue weighted by atomic mass is 16.7. The molecule has 0 radical (unpaired) electrons. The van der Waals surface area contributed by atoms with Crippen molar-refractivity contribution in [2.75, 3.05) is 6.61 Å². The van der Waals surface area contributed by atoms with Crippen molar-refractivity contribution in [2.45, 2.75) is 63.7 Å². The molecule has 10 nitrogen and oxygen atoms in total.